The van der Waals surface area contributed by atoms with Crippen molar-refractivity contribution in [2.24, 2.45) is 5.92 Å². The maximum Gasteiger partial charge on any atom is 0.127 e. The molecular formula is C16H21ClN2O. The zero-order valence-corrected chi connectivity index (χ0v) is 12.9. The number of aryl methyl sites for hydroxylation is 1. The summed E-state index contributed by atoms with van der Waals surface area (Å²) < 4.78 is 7.76. The van der Waals surface area contributed by atoms with E-state index in [1.807, 2.05) is 6.92 Å². The summed E-state index contributed by atoms with van der Waals surface area (Å²) in [5, 5.41) is -0.0671. The molecule has 0 amide bonds. The van der Waals surface area contributed by atoms with Gasteiger partial charge in [0.05, 0.1) is 16.4 Å². The molecule has 3 rings (SSSR count). The van der Waals surface area contributed by atoms with E-state index in [4.69, 9.17) is 21.3 Å². The number of hydrogen-bond acceptors (Lipinski definition) is 2. The van der Waals surface area contributed by atoms with Gasteiger partial charge in [-0.05, 0) is 50.3 Å². The summed E-state index contributed by atoms with van der Waals surface area (Å²) in [5.74, 6) is 1.65. The highest BCUT2D eigenvalue weighted by Gasteiger charge is 2.20. The molecule has 2 heterocycles. The number of alkyl halides is 1. The van der Waals surface area contributed by atoms with Crippen LogP contribution in [-0.4, -0.2) is 22.8 Å². The number of aromatic nitrogens is 2. The number of rotatable bonds is 3. The fraction of sp³-hybridized carbons (Fsp3) is 0.562. The molecule has 3 nitrogen and oxygen atoms in total. The van der Waals surface area contributed by atoms with Crippen LogP contribution in [0.2, 0.25) is 0 Å². The van der Waals surface area contributed by atoms with Crippen LogP contribution in [0.15, 0.2) is 18.2 Å². The Hall–Kier alpha value is -1.06. The molecule has 1 aromatic heterocycles. The Bertz CT molecular complexity index is 600. The van der Waals surface area contributed by atoms with Gasteiger partial charge >= 0.3 is 0 Å². The fourth-order valence-electron chi connectivity index (χ4n) is 2.94. The van der Waals surface area contributed by atoms with Crippen molar-refractivity contribution in [2.45, 2.75) is 38.6 Å². The van der Waals surface area contributed by atoms with Crippen LogP contribution < -0.4 is 0 Å². The SMILES string of the molecule is Cc1ccc2c(c1)nc(C(C)Cl)n2CC1CCOCC1. The van der Waals surface area contributed by atoms with E-state index in [0.29, 0.717) is 5.92 Å². The normalized spacial score (nSPS) is 18.6. The predicted octanol–water partition coefficient (Wildman–Crippen LogP) is 4.07. The average Bonchev–Trinajstić information content (AvgIpc) is 2.78. The van der Waals surface area contributed by atoms with E-state index in [1.54, 1.807) is 0 Å². The van der Waals surface area contributed by atoms with Crippen molar-refractivity contribution < 1.29 is 4.74 Å². The number of nitrogens with zero attached hydrogens (tertiary/aromatic N) is 2. The van der Waals surface area contributed by atoms with E-state index in [1.165, 1.54) is 11.1 Å². The minimum absolute atomic E-state index is 0.0671. The summed E-state index contributed by atoms with van der Waals surface area (Å²) in [6.45, 7) is 6.84. The Labute approximate surface area is 124 Å². The van der Waals surface area contributed by atoms with E-state index in [0.717, 1.165) is 43.9 Å². The lowest BCUT2D eigenvalue weighted by Gasteiger charge is -2.23. The molecule has 1 fully saturated rings. The van der Waals surface area contributed by atoms with Crippen LogP contribution in [0, 0.1) is 12.8 Å². The summed E-state index contributed by atoms with van der Waals surface area (Å²) in [4.78, 5) is 4.74. The molecule has 20 heavy (non-hydrogen) atoms. The molecule has 0 N–H and O–H groups in total. The first-order valence-electron chi connectivity index (χ1n) is 7.34. The van der Waals surface area contributed by atoms with E-state index < -0.39 is 0 Å². The zero-order valence-electron chi connectivity index (χ0n) is 12.1. The van der Waals surface area contributed by atoms with Crippen molar-refractivity contribution >= 4 is 22.6 Å². The summed E-state index contributed by atoms with van der Waals surface area (Å²) in [7, 11) is 0. The fourth-order valence-corrected chi connectivity index (χ4v) is 3.11. The molecule has 0 radical (unpaired) electrons. The summed E-state index contributed by atoms with van der Waals surface area (Å²) in [6.07, 6.45) is 2.25. The third-order valence-electron chi connectivity index (χ3n) is 4.07. The number of fused-ring (bicyclic) bond motifs is 1. The molecule has 1 atom stereocenters. The van der Waals surface area contributed by atoms with Gasteiger partial charge in [0.2, 0.25) is 0 Å². The average molecular weight is 293 g/mol. The monoisotopic (exact) mass is 292 g/mol. The third kappa shape index (κ3) is 2.70. The lowest BCUT2D eigenvalue weighted by molar-refractivity contribution is 0.0613. The van der Waals surface area contributed by atoms with Crippen LogP contribution >= 0.6 is 11.6 Å². The van der Waals surface area contributed by atoms with Crippen molar-refractivity contribution in [3.63, 3.8) is 0 Å². The largest absolute Gasteiger partial charge is 0.381 e. The lowest BCUT2D eigenvalue weighted by atomic mass is 10.00. The topological polar surface area (TPSA) is 27.1 Å². The van der Waals surface area contributed by atoms with Gasteiger partial charge in [0.15, 0.2) is 0 Å². The van der Waals surface area contributed by atoms with Crippen molar-refractivity contribution in [2.75, 3.05) is 13.2 Å². The van der Waals surface area contributed by atoms with E-state index in [-0.39, 0.29) is 5.38 Å². The summed E-state index contributed by atoms with van der Waals surface area (Å²) in [6, 6.07) is 6.45. The van der Waals surface area contributed by atoms with Gasteiger partial charge in [-0.15, -0.1) is 11.6 Å². The maximum absolute atomic E-state index is 6.33. The molecule has 2 aromatic rings. The smallest absolute Gasteiger partial charge is 0.127 e. The number of ether oxygens (including phenoxy) is 1. The van der Waals surface area contributed by atoms with Crippen LogP contribution in [0.25, 0.3) is 11.0 Å². The second-order valence-corrected chi connectivity index (χ2v) is 6.40. The Morgan fingerprint density at radius 2 is 2.15 bits per heavy atom. The molecule has 1 aromatic carbocycles. The van der Waals surface area contributed by atoms with Gasteiger partial charge in [0.25, 0.3) is 0 Å². The first-order chi connectivity index (χ1) is 9.65. The quantitative estimate of drug-likeness (QED) is 0.797. The molecule has 108 valence electrons. The Kier molecular flexibility index (Phi) is 3.99. The van der Waals surface area contributed by atoms with E-state index >= 15 is 0 Å². The minimum atomic E-state index is -0.0671. The highest BCUT2D eigenvalue weighted by atomic mass is 35.5. The van der Waals surface area contributed by atoms with Gasteiger partial charge in [-0.1, -0.05) is 6.07 Å². The van der Waals surface area contributed by atoms with Crippen LogP contribution in [0.4, 0.5) is 0 Å². The highest BCUT2D eigenvalue weighted by Crippen LogP contribution is 2.28. The van der Waals surface area contributed by atoms with Crippen LogP contribution in [-0.2, 0) is 11.3 Å². The van der Waals surface area contributed by atoms with Crippen molar-refractivity contribution in [3.8, 4) is 0 Å². The molecule has 0 aliphatic carbocycles. The van der Waals surface area contributed by atoms with E-state index in [2.05, 4.69) is 29.7 Å². The molecule has 1 unspecified atom stereocenters. The highest BCUT2D eigenvalue weighted by molar-refractivity contribution is 6.20. The molecule has 1 aliphatic heterocycles. The van der Waals surface area contributed by atoms with Crippen LogP contribution in [0.5, 0.6) is 0 Å². The lowest BCUT2D eigenvalue weighted by Crippen LogP contribution is -2.21. The molecule has 1 aliphatic rings. The van der Waals surface area contributed by atoms with Crippen molar-refractivity contribution in [1.29, 1.82) is 0 Å². The van der Waals surface area contributed by atoms with Gasteiger partial charge in [0, 0.05) is 19.8 Å². The van der Waals surface area contributed by atoms with Crippen molar-refractivity contribution in [3.05, 3.63) is 29.6 Å². The second kappa shape index (κ2) is 5.74. The number of benzene rings is 1. The number of halogens is 1. The third-order valence-corrected chi connectivity index (χ3v) is 4.27. The number of hydrogen-bond donors (Lipinski definition) is 0. The van der Waals surface area contributed by atoms with Gasteiger partial charge in [-0.3, -0.25) is 0 Å². The minimum Gasteiger partial charge on any atom is -0.381 e. The van der Waals surface area contributed by atoms with Gasteiger partial charge in [0.1, 0.15) is 5.82 Å². The Morgan fingerprint density at radius 3 is 2.85 bits per heavy atom. The standard InChI is InChI=1S/C16H21ClN2O/c1-11-3-4-15-14(9-11)18-16(12(2)17)19(15)10-13-5-7-20-8-6-13/h3-4,9,12-13H,5-8,10H2,1-2H3. The van der Waals surface area contributed by atoms with Crippen molar-refractivity contribution in [1.82, 2.24) is 9.55 Å². The van der Waals surface area contributed by atoms with E-state index in [9.17, 15) is 0 Å². The first kappa shape index (κ1) is 13.9. The molecule has 1 saturated heterocycles. The predicted molar refractivity (Wildman–Crippen MR) is 82.3 cm³/mol. The molecule has 4 heteroatoms. The zero-order chi connectivity index (χ0) is 14.1. The maximum atomic E-state index is 6.33. The van der Waals surface area contributed by atoms with Gasteiger partial charge in [-0.2, -0.15) is 0 Å². The number of imidazole rings is 1. The molecule has 0 spiro atoms. The molecule has 0 bridgehead atoms. The summed E-state index contributed by atoms with van der Waals surface area (Å²) in [5.41, 5.74) is 3.49. The van der Waals surface area contributed by atoms with Gasteiger partial charge < -0.3 is 9.30 Å². The van der Waals surface area contributed by atoms with Crippen LogP contribution in [0.3, 0.4) is 0 Å². The second-order valence-electron chi connectivity index (χ2n) is 5.74. The molecular weight excluding hydrogens is 272 g/mol. The van der Waals surface area contributed by atoms with Crippen LogP contribution in [0.1, 0.15) is 36.5 Å². The summed E-state index contributed by atoms with van der Waals surface area (Å²) >= 11 is 6.33. The molecule has 0 saturated carbocycles. The Morgan fingerprint density at radius 1 is 1.40 bits per heavy atom. The van der Waals surface area contributed by atoms with Gasteiger partial charge in [-0.25, -0.2) is 4.98 Å². The first-order valence-corrected chi connectivity index (χ1v) is 7.77. The Balaban J connectivity index is 1.99.